The summed E-state index contributed by atoms with van der Waals surface area (Å²) in [5.74, 6) is -0.498. The summed E-state index contributed by atoms with van der Waals surface area (Å²) in [5.41, 5.74) is 2.89. The van der Waals surface area contributed by atoms with Crippen LogP contribution in [0.25, 0.3) is 0 Å². The number of aryl methyl sites for hydroxylation is 2. The van der Waals surface area contributed by atoms with Gasteiger partial charge in [-0.2, -0.15) is 0 Å². The fourth-order valence-corrected chi connectivity index (χ4v) is 5.89. The Morgan fingerprint density at radius 3 is 2.26 bits per heavy atom. The highest BCUT2D eigenvalue weighted by molar-refractivity contribution is 7.92. The Hall–Kier alpha value is -3.56. The maximum Gasteiger partial charge on any atom is 0.264 e. The molecule has 0 bridgehead atoms. The first-order valence-electron chi connectivity index (χ1n) is 12.5. The molecule has 3 aromatic carbocycles. The predicted molar refractivity (Wildman–Crippen MR) is 154 cm³/mol. The summed E-state index contributed by atoms with van der Waals surface area (Å²) < 4.78 is 34.1. The molecule has 1 unspecified atom stereocenters. The number of carbonyl (C=O) groups excluding carboxylic acids is 2. The monoisotopic (exact) mass is 571 g/mol. The number of halogens is 1. The van der Waals surface area contributed by atoms with E-state index in [4.69, 9.17) is 16.3 Å². The first-order valence-corrected chi connectivity index (χ1v) is 14.3. The summed E-state index contributed by atoms with van der Waals surface area (Å²) in [5, 5.41) is 2.82. The van der Waals surface area contributed by atoms with Gasteiger partial charge in [-0.1, -0.05) is 60.5 Å². The van der Waals surface area contributed by atoms with Crippen LogP contribution < -0.4 is 14.4 Å². The number of ether oxygens (including phenoxy) is 1. The molecule has 0 radical (unpaired) electrons. The maximum atomic E-state index is 14.0. The van der Waals surface area contributed by atoms with Crippen molar-refractivity contribution < 1.29 is 22.7 Å². The van der Waals surface area contributed by atoms with E-state index >= 15 is 0 Å². The number of likely N-dealkylation sites (N-methyl/N-ethyl adjacent to an activating group) is 1. The molecule has 3 aromatic rings. The van der Waals surface area contributed by atoms with E-state index in [-0.39, 0.29) is 28.1 Å². The van der Waals surface area contributed by atoms with Gasteiger partial charge in [-0.3, -0.25) is 13.9 Å². The molecule has 208 valence electrons. The number of anilines is 1. The summed E-state index contributed by atoms with van der Waals surface area (Å²) in [4.78, 5) is 28.3. The van der Waals surface area contributed by atoms with Gasteiger partial charge in [-0.05, 0) is 61.7 Å². The highest BCUT2D eigenvalue weighted by Crippen LogP contribution is 2.32. The number of hydrogen-bond donors (Lipinski definition) is 1. The number of rotatable bonds is 11. The van der Waals surface area contributed by atoms with Crippen LogP contribution in [-0.4, -0.2) is 51.9 Å². The fraction of sp³-hybridized carbons (Fsp3) is 0.310. The Morgan fingerprint density at radius 1 is 1.03 bits per heavy atom. The van der Waals surface area contributed by atoms with Gasteiger partial charge in [0.15, 0.2) is 0 Å². The lowest BCUT2D eigenvalue weighted by atomic mass is 10.1. The molecule has 1 N–H and O–H groups in total. The van der Waals surface area contributed by atoms with Crippen LogP contribution in [0, 0.1) is 13.8 Å². The van der Waals surface area contributed by atoms with E-state index in [2.05, 4.69) is 5.32 Å². The number of amides is 2. The third kappa shape index (κ3) is 6.91. The van der Waals surface area contributed by atoms with Gasteiger partial charge >= 0.3 is 0 Å². The zero-order chi connectivity index (χ0) is 28.7. The highest BCUT2D eigenvalue weighted by atomic mass is 35.5. The van der Waals surface area contributed by atoms with Gasteiger partial charge in [0.2, 0.25) is 11.8 Å². The van der Waals surface area contributed by atoms with Gasteiger partial charge in [-0.25, -0.2) is 8.42 Å². The van der Waals surface area contributed by atoms with E-state index in [9.17, 15) is 18.0 Å². The van der Waals surface area contributed by atoms with Crippen LogP contribution in [-0.2, 0) is 26.2 Å². The molecule has 0 aliphatic carbocycles. The largest absolute Gasteiger partial charge is 0.495 e. The SMILES string of the molecule is CCC(C(=O)NC)N(Cc1ccccc1C)C(=O)CN(c1ccc(OC)c(Cl)c1)S(=O)(=O)c1ccc(C)cc1. The van der Waals surface area contributed by atoms with Gasteiger partial charge in [0.25, 0.3) is 10.0 Å². The Morgan fingerprint density at radius 2 is 1.69 bits per heavy atom. The maximum absolute atomic E-state index is 14.0. The van der Waals surface area contributed by atoms with E-state index in [1.165, 1.54) is 43.3 Å². The summed E-state index contributed by atoms with van der Waals surface area (Å²) >= 11 is 6.35. The van der Waals surface area contributed by atoms with Crippen molar-refractivity contribution in [3.8, 4) is 5.75 Å². The molecule has 1 atom stereocenters. The van der Waals surface area contributed by atoms with Crippen molar-refractivity contribution in [1.29, 1.82) is 0 Å². The lowest BCUT2D eigenvalue weighted by molar-refractivity contribution is -0.140. The molecule has 0 fully saturated rings. The Labute approximate surface area is 235 Å². The number of methoxy groups -OCH3 is 1. The second kappa shape index (κ2) is 13.0. The predicted octanol–water partition coefficient (Wildman–Crippen LogP) is 4.71. The number of benzene rings is 3. The third-order valence-corrected chi connectivity index (χ3v) is 8.63. The van der Waals surface area contributed by atoms with Crippen LogP contribution in [0.2, 0.25) is 5.02 Å². The average Bonchev–Trinajstić information content (AvgIpc) is 2.92. The van der Waals surface area contributed by atoms with Crippen molar-refractivity contribution in [1.82, 2.24) is 10.2 Å². The minimum Gasteiger partial charge on any atom is -0.495 e. The van der Waals surface area contributed by atoms with E-state index in [1.807, 2.05) is 45.0 Å². The van der Waals surface area contributed by atoms with Crippen LogP contribution in [0.3, 0.4) is 0 Å². The van der Waals surface area contributed by atoms with Gasteiger partial charge in [-0.15, -0.1) is 0 Å². The number of nitrogens with zero attached hydrogens (tertiary/aromatic N) is 2. The quantitative estimate of drug-likeness (QED) is 0.359. The molecule has 0 spiro atoms. The average molecular weight is 572 g/mol. The van der Waals surface area contributed by atoms with Gasteiger partial charge in [0, 0.05) is 13.6 Å². The van der Waals surface area contributed by atoms with Crippen molar-refractivity contribution in [2.75, 3.05) is 25.0 Å². The smallest absolute Gasteiger partial charge is 0.264 e. The van der Waals surface area contributed by atoms with Gasteiger partial charge in [0.05, 0.1) is 22.7 Å². The lowest BCUT2D eigenvalue weighted by Crippen LogP contribution is -2.51. The molecule has 10 heteroatoms. The normalized spacial score (nSPS) is 11.9. The van der Waals surface area contributed by atoms with Crippen molar-refractivity contribution in [3.63, 3.8) is 0 Å². The molecule has 0 aromatic heterocycles. The molecular weight excluding hydrogens is 538 g/mol. The standard InChI is InChI=1S/C29H34ClN3O5S/c1-6-26(29(35)31-4)32(18-22-10-8-7-9-21(22)3)28(34)19-33(23-13-16-27(38-5)25(30)17-23)39(36,37)24-14-11-20(2)12-15-24/h7-17,26H,6,18-19H2,1-5H3,(H,31,35). The minimum atomic E-state index is -4.19. The summed E-state index contributed by atoms with van der Waals surface area (Å²) in [7, 11) is -1.22. The fourth-order valence-electron chi connectivity index (χ4n) is 4.23. The zero-order valence-corrected chi connectivity index (χ0v) is 24.3. The first kappa shape index (κ1) is 30.0. The number of carbonyl (C=O) groups is 2. The first-order chi connectivity index (χ1) is 18.5. The van der Waals surface area contributed by atoms with Crippen LogP contribution in [0.4, 0.5) is 5.69 Å². The molecule has 8 nitrogen and oxygen atoms in total. The van der Waals surface area contributed by atoms with Crippen LogP contribution in [0.15, 0.2) is 71.6 Å². The zero-order valence-electron chi connectivity index (χ0n) is 22.8. The van der Waals surface area contributed by atoms with Crippen LogP contribution in [0.5, 0.6) is 5.75 Å². The Kier molecular flexibility index (Phi) is 9.99. The summed E-state index contributed by atoms with van der Waals surface area (Å²) in [6.45, 7) is 5.18. The second-order valence-corrected chi connectivity index (χ2v) is 11.4. The molecule has 39 heavy (non-hydrogen) atoms. The van der Waals surface area contributed by atoms with Gasteiger partial charge in [0.1, 0.15) is 18.3 Å². The second-order valence-electron chi connectivity index (χ2n) is 9.13. The van der Waals surface area contributed by atoms with Crippen molar-refractivity contribution >= 4 is 39.1 Å². The number of hydrogen-bond acceptors (Lipinski definition) is 5. The Balaban J connectivity index is 2.11. The van der Waals surface area contributed by atoms with E-state index in [0.717, 1.165) is 21.0 Å². The van der Waals surface area contributed by atoms with E-state index in [0.29, 0.717) is 12.2 Å². The van der Waals surface area contributed by atoms with Crippen molar-refractivity contribution in [2.24, 2.45) is 0 Å². The molecule has 0 saturated carbocycles. The topological polar surface area (TPSA) is 96.0 Å². The number of nitrogens with one attached hydrogen (secondary N) is 1. The van der Waals surface area contributed by atoms with Crippen LogP contribution in [0.1, 0.15) is 30.0 Å². The molecule has 0 aliphatic rings. The van der Waals surface area contributed by atoms with Gasteiger partial charge < -0.3 is 15.0 Å². The summed E-state index contributed by atoms with van der Waals surface area (Å²) in [6.07, 6.45) is 0.344. The van der Waals surface area contributed by atoms with E-state index in [1.54, 1.807) is 18.2 Å². The summed E-state index contributed by atoms with van der Waals surface area (Å²) in [6, 6.07) is 17.7. The van der Waals surface area contributed by atoms with Crippen molar-refractivity contribution in [2.45, 2.75) is 44.7 Å². The molecule has 2 amide bonds. The Bertz CT molecular complexity index is 1430. The number of sulfonamides is 1. The van der Waals surface area contributed by atoms with E-state index < -0.39 is 28.5 Å². The minimum absolute atomic E-state index is 0.0247. The highest BCUT2D eigenvalue weighted by Gasteiger charge is 2.33. The molecule has 3 rings (SSSR count). The molecule has 0 aliphatic heterocycles. The van der Waals surface area contributed by atoms with Crippen molar-refractivity contribution in [3.05, 3.63) is 88.4 Å². The molecule has 0 heterocycles. The molecular formula is C29H34ClN3O5S. The molecule has 0 saturated heterocycles. The lowest BCUT2D eigenvalue weighted by Gasteiger charge is -2.33. The van der Waals surface area contributed by atoms with Crippen LogP contribution >= 0.6 is 11.6 Å². The third-order valence-electron chi connectivity index (χ3n) is 6.55.